The molecule has 1 aliphatic heterocycles. The van der Waals surface area contributed by atoms with Gasteiger partial charge in [0.1, 0.15) is 5.75 Å². The summed E-state index contributed by atoms with van der Waals surface area (Å²) in [5, 5.41) is 3.31. The van der Waals surface area contributed by atoms with Gasteiger partial charge in [0.2, 0.25) is 5.91 Å². The van der Waals surface area contributed by atoms with Crippen molar-refractivity contribution in [2.45, 2.75) is 36.6 Å². The Hall–Kier alpha value is -1.93. The molecule has 0 radical (unpaired) electrons. The number of hydrogen-bond donors (Lipinski definition) is 2. The Morgan fingerprint density at radius 1 is 1.36 bits per heavy atom. The van der Waals surface area contributed by atoms with E-state index in [-0.39, 0.29) is 23.3 Å². The molecule has 1 aromatic heterocycles. The molecule has 0 fully saturated rings. The van der Waals surface area contributed by atoms with Crippen molar-refractivity contribution in [2.24, 2.45) is 0 Å². The van der Waals surface area contributed by atoms with Crippen LogP contribution in [0, 0.1) is 0 Å². The summed E-state index contributed by atoms with van der Waals surface area (Å²) >= 11 is 2.90. The number of amides is 1. The fourth-order valence-corrected chi connectivity index (χ4v) is 4.04. The third-order valence-electron chi connectivity index (χ3n) is 3.41. The van der Waals surface area contributed by atoms with E-state index in [1.165, 1.54) is 11.8 Å². The lowest BCUT2D eigenvalue weighted by atomic mass is 10.3. The zero-order chi connectivity index (χ0) is 17.8. The van der Waals surface area contributed by atoms with Crippen molar-refractivity contribution in [2.75, 3.05) is 11.1 Å². The first-order valence-corrected chi connectivity index (χ1v) is 10.0. The zero-order valence-electron chi connectivity index (χ0n) is 14.0. The molecule has 1 aliphatic rings. The van der Waals surface area contributed by atoms with Crippen LogP contribution in [0.25, 0.3) is 0 Å². The second-order valence-electron chi connectivity index (χ2n) is 5.82. The van der Waals surface area contributed by atoms with Crippen LogP contribution in [0.4, 0.5) is 5.69 Å². The largest absolute Gasteiger partial charge is 0.491 e. The van der Waals surface area contributed by atoms with Crippen molar-refractivity contribution in [3.63, 3.8) is 0 Å². The number of H-pyrrole nitrogens is 1. The molecule has 132 valence electrons. The summed E-state index contributed by atoms with van der Waals surface area (Å²) in [7, 11) is 0. The number of carbonyl (C=O) groups excluding carboxylic acids is 1. The normalized spacial score (nSPS) is 12.9. The molecule has 6 nitrogen and oxygen atoms in total. The third kappa shape index (κ3) is 4.79. The molecule has 2 N–H and O–H groups in total. The van der Waals surface area contributed by atoms with Crippen molar-refractivity contribution >= 4 is 35.1 Å². The maximum Gasteiger partial charge on any atom is 0.255 e. The maximum absolute atomic E-state index is 12.1. The number of aromatic nitrogens is 2. The van der Waals surface area contributed by atoms with Gasteiger partial charge in [-0.15, -0.1) is 0 Å². The Balaban J connectivity index is 1.55. The molecule has 0 unspecified atom stereocenters. The Labute approximate surface area is 154 Å². The second kappa shape index (κ2) is 7.97. The summed E-state index contributed by atoms with van der Waals surface area (Å²) in [5.41, 5.74) is 2.19. The highest BCUT2D eigenvalue weighted by atomic mass is 32.2. The fraction of sp³-hybridized carbons (Fsp3) is 0.353. The van der Waals surface area contributed by atoms with Gasteiger partial charge in [-0.1, -0.05) is 11.8 Å². The maximum atomic E-state index is 12.1. The Kier molecular flexibility index (Phi) is 5.70. The van der Waals surface area contributed by atoms with Crippen LogP contribution in [0.1, 0.15) is 25.1 Å². The number of aromatic amines is 1. The molecule has 0 saturated heterocycles. The van der Waals surface area contributed by atoms with Crippen molar-refractivity contribution in [1.29, 1.82) is 0 Å². The van der Waals surface area contributed by atoms with E-state index in [0.717, 1.165) is 22.8 Å². The number of anilines is 1. The Bertz CT molecular complexity index is 819. The van der Waals surface area contributed by atoms with E-state index in [9.17, 15) is 9.59 Å². The van der Waals surface area contributed by atoms with Crippen LogP contribution in [0.15, 0.2) is 34.2 Å². The van der Waals surface area contributed by atoms with Gasteiger partial charge in [-0.05, 0) is 38.1 Å². The van der Waals surface area contributed by atoms with Gasteiger partial charge in [0.25, 0.3) is 5.56 Å². The molecular formula is C17H19N3O3S2. The van der Waals surface area contributed by atoms with Gasteiger partial charge < -0.3 is 15.0 Å². The van der Waals surface area contributed by atoms with Crippen LogP contribution < -0.4 is 15.6 Å². The Morgan fingerprint density at radius 3 is 2.84 bits per heavy atom. The number of ether oxygens (including phenoxy) is 1. The number of fused-ring (bicyclic) bond motifs is 1. The Morgan fingerprint density at radius 2 is 2.12 bits per heavy atom. The van der Waals surface area contributed by atoms with Gasteiger partial charge in [0.15, 0.2) is 5.16 Å². The number of hydrogen-bond acceptors (Lipinski definition) is 6. The van der Waals surface area contributed by atoms with Gasteiger partial charge in [-0.25, -0.2) is 4.98 Å². The van der Waals surface area contributed by atoms with Crippen LogP contribution in [-0.4, -0.2) is 27.7 Å². The highest BCUT2D eigenvalue weighted by Gasteiger charge is 2.18. The summed E-state index contributed by atoms with van der Waals surface area (Å²) in [6.45, 7) is 3.92. The molecular weight excluding hydrogens is 358 g/mol. The summed E-state index contributed by atoms with van der Waals surface area (Å²) in [6.07, 6.45) is 0.109. The second-order valence-corrected chi connectivity index (χ2v) is 7.77. The van der Waals surface area contributed by atoms with E-state index in [2.05, 4.69) is 15.3 Å². The minimum Gasteiger partial charge on any atom is -0.491 e. The molecule has 1 aromatic carbocycles. The fourth-order valence-electron chi connectivity index (χ4n) is 2.33. The van der Waals surface area contributed by atoms with Crippen LogP contribution in [-0.2, 0) is 16.3 Å². The number of benzene rings is 1. The highest BCUT2D eigenvalue weighted by Crippen LogP contribution is 2.26. The van der Waals surface area contributed by atoms with Gasteiger partial charge in [0, 0.05) is 22.8 Å². The molecule has 0 atom stereocenters. The number of carbonyl (C=O) groups is 1. The van der Waals surface area contributed by atoms with E-state index < -0.39 is 0 Å². The van der Waals surface area contributed by atoms with Crippen LogP contribution in [0.5, 0.6) is 5.75 Å². The number of thioether (sulfide) groups is 2. The minimum atomic E-state index is -0.153. The summed E-state index contributed by atoms with van der Waals surface area (Å²) < 4.78 is 5.57. The molecule has 0 spiro atoms. The van der Waals surface area contributed by atoms with Crippen LogP contribution >= 0.6 is 23.5 Å². The predicted octanol–water partition coefficient (Wildman–Crippen LogP) is 3.03. The summed E-state index contributed by atoms with van der Waals surface area (Å²) in [4.78, 5) is 31.2. The first kappa shape index (κ1) is 17.9. The van der Waals surface area contributed by atoms with Gasteiger partial charge in [-0.3, -0.25) is 9.59 Å². The van der Waals surface area contributed by atoms with E-state index in [4.69, 9.17) is 4.74 Å². The molecule has 0 aliphatic carbocycles. The van der Waals surface area contributed by atoms with Crippen molar-refractivity contribution in [3.8, 4) is 5.75 Å². The average Bonchev–Trinajstić information content (AvgIpc) is 3.03. The van der Waals surface area contributed by atoms with Gasteiger partial charge >= 0.3 is 0 Å². The molecule has 1 amide bonds. The molecule has 8 heteroatoms. The van der Waals surface area contributed by atoms with E-state index in [0.29, 0.717) is 16.6 Å². The topological polar surface area (TPSA) is 84.1 Å². The smallest absolute Gasteiger partial charge is 0.255 e. The van der Waals surface area contributed by atoms with Crippen molar-refractivity contribution in [1.82, 2.24) is 9.97 Å². The quantitative estimate of drug-likeness (QED) is 0.595. The van der Waals surface area contributed by atoms with Crippen LogP contribution in [0.2, 0.25) is 0 Å². The average molecular weight is 377 g/mol. The van der Waals surface area contributed by atoms with E-state index >= 15 is 0 Å². The van der Waals surface area contributed by atoms with Crippen molar-refractivity contribution < 1.29 is 9.53 Å². The molecule has 0 bridgehead atoms. The summed E-state index contributed by atoms with van der Waals surface area (Å²) in [6, 6.07) is 7.24. The van der Waals surface area contributed by atoms with E-state index in [1.807, 2.05) is 26.0 Å². The van der Waals surface area contributed by atoms with E-state index in [1.54, 1.807) is 23.9 Å². The molecule has 0 saturated carbocycles. The van der Waals surface area contributed by atoms with Crippen LogP contribution in [0.3, 0.4) is 0 Å². The lowest BCUT2D eigenvalue weighted by Crippen LogP contribution is -2.17. The molecule has 2 aromatic rings. The van der Waals surface area contributed by atoms with Crippen molar-refractivity contribution in [3.05, 3.63) is 45.9 Å². The third-order valence-corrected chi connectivity index (χ3v) is 5.26. The molecule has 25 heavy (non-hydrogen) atoms. The number of nitrogens with zero attached hydrogens (tertiary/aromatic N) is 1. The monoisotopic (exact) mass is 377 g/mol. The minimum absolute atomic E-state index is 0.0985. The lowest BCUT2D eigenvalue weighted by molar-refractivity contribution is -0.113. The summed E-state index contributed by atoms with van der Waals surface area (Å²) in [5.74, 6) is 2.25. The standard InChI is InChI=1S/C17H19N3O3S2/c1-10(2)23-12-5-3-11(4-6-12)18-15(21)9-25-17-19-14-8-24-7-13(14)16(22)20-17/h3-6,10H,7-9H2,1-2H3,(H,18,21)(H,19,20,22). The van der Waals surface area contributed by atoms with Gasteiger partial charge in [0.05, 0.1) is 17.6 Å². The molecule has 3 rings (SSSR count). The molecule has 2 heterocycles. The number of nitrogens with one attached hydrogen (secondary N) is 2. The number of rotatable bonds is 6. The predicted molar refractivity (Wildman–Crippen MR) is 101 cm³/mol. The SMILES string of the molecule is CC(C)Oc1ccc(NC(=O)CSc2nc3c(c(=O)[nH]2)CSC3)cc1. The first-order valence-electron chi connectivity index (χ1n) is 7.90. The zero-order valence-corrected chi connectivity index (χ0v) is 15.6. The highest BCUT2D eigenvalue weighted by molar-refractivity contribution is 7.99. The first-order chi connectivity index (χ1) is 12.0. The lowest BCUT2D eigenvalue weighted by Gasteiger charge is -2.10. The van der Waals surface area contributed by atoms with Gasteiger partial charge in [-0.2, -0.15) is 11.8 Å².